The Morgan fingerprint density at radius 2 is 2.14 bits per heavy atom. The lowest BCUT2D eigenvalue weighted by atomic mass is 10.2. The smallest absolute Gasteiger partial charge is 0.165 e. The predicted molar refractivity (Wildman–Crippen MR) is 86.5 cm³/mol. The van der Waals surface area contributed by atoms with E-state index in [1.807, 2.05) is 17.5 Å². The fourth-order valence-electron chi connectivity index (χ4n) is 1.99. The largest absolute Gasteiger partial charge is 0.490 e. The van der Waals surface area contributed by atoms with Crippen molar-refractivity contribution in [2.45, 2.75) is 26.8 Å². The van der Waals surface area contributed by atoms with E-state index in [1.54, 1.807) is 23.5 Å². The van der Waals surface area contributed by atoms with Crippen molar-refractivity contribution in [3.05, 3.63) is 52.0 Å². The summed E-state index contributed by atoms with van der Waals surface area (Å²) in [7, 11) is 0. The van der Waals surface area contributed by atoms with Crippen LogP contribution in [-0.4, -0.2) is 13.2 Å². The van der Waals surface area contributed by atoms with Crippen molar-refractivity contribution in [3.63, 3.8) is 0 Å². The number of ether oxygens (including phenoxy) is 1. The first kappa shape index (κ1) is 16.0. The van der Waals surface area contributed by atoms with Crippen LogP contribution in [0.25, 0.3) is 0 Å². The third kappa shape index (κ3) is 5.48. The van der Waals surface area contributed by atoms with Gasteiger partial charge in [0.25, 0.3) is 0 Å². The Labute approximate surface area is 130 Å². The van der Waals surface area contributed by atoms with Gasteiger partial charge in [-0.15, -0.1) is 11.3 Å². The topological polar surface area (TPSA) is 21.3 Å². The average Bonchev–Trinajstić information content (AvgIpc) is 2.94. The number of hydrogen-bond acceptors (Lipinski definition) is 3. The average molecular weight is 307 g/mol. The normalized spacial score (nSPS) is 11.0. The third-order valence-corrected chi connectivity index (χ3v) is 4.00. The van der Waals surface area contributed by atoms with Crippen molar-refractivity contribution >= 4 is 11.3 Å². The summed E-state index contributed by atoms with van der Waals surface area (Å²) >= 11 is 1.69. The molecule has 2 aromatic rings. The molecular formula is C17H22FNOS. The number of hydrogen-bond donors (Lipinski definition) is 1. The lowest BCUT2D eigenvalue weighted by Gasteiger charge is -2.10. The molecule has 0 bridgehead atoms. The quantitative estimate of drug-likeness (QED) is 0.787. The highest BCUT2D eigenvalue weighted by Gasteiger charge is 2.05. The van der Waals surface area contributed by atoms with Crippen LogP contribution in [0.4, 0.5) is 4.39 Å². The molecule has 0 radical (unpaired) electrons. The van der Waals surface area contributed by atoms with Gasteiger partial charge in [-0.3, -0.25) is 0 Å². The fourth-order valence-corrected chi connectivity index (χ4v) is 2.68. The summed E-state index contributed by atoms with van der Waals surface area (Å²) in [6.07, 6.45) is 0.814. The Kier molecular flexibility index (Phi) is 6.21. The predicted octanol–water partition coefficient (Wildman–Crippen LogP) is 4.25. The highest BCUT2D eigenvalue weighted by atomic mass is 32.1. The van der Waals surface area contributed by atoms with Crippen LogP contribution in [0.3, 0.4) is 0 Å². The minimum absolute atomic E-state index is 0.287. The summed E-state index contributed by atoms with van der Waals surface area (Å²) in [4.78, 5) is 1.25. The van der Waals surface area contributed by atoms with E-state index in [0.717, 1.165) is 18.5 Å². The summed E-state index contributed by atoms with van der Waals surface area (Å²) in [5.41, 5.74) is 0.943. The molecule has 0 fully saturated rings. The molecule has 21 heavy (non-hydrogen) atoms. The minimum Gasteiger partial charge on any atom is -0.490 e. The van der Waals surface area contributed by atoms with Crippen LogP contribution in [0.1, 0.15) is 24.3 Å². The summed E-state index contributed by atoms with van der Waals surface area (Å²) in [5.74, 6) is 0.638. The Morgan fingerprint density at radius 1 is 1.29 bits per heavy atom. The van der Waals surface area contributed by atoms with Crippen LogP contribution < -0.4 is 10.1 Å². The van der Waals surface area contributed by atoms with Gasteiger partial charge in [-0.2, -0.15) is 0 Å². The zero-order valence-corrected chi connectivity index (χ0v) is 13.4. The molecule has 0 saturated heterocycles. The first-order valence-corrected chi connectivity index (χ1v) is 8.17. The molecule has 2 nitrogen and oxygen atoms in total. The molecule has 1 aromatic carbocycles. The van der Waals surface area contributed by atoms with Crippen LogP contribution in [-0.2, 0) is 13.0 Å². The van der Waals surface area contributed by atoms with E-state index < -0.39 is 0 Å². The number of rotatable bonds is 8. The maximum Gasteiger partial charge on any atom is 0.165 e. The molecule has 0 aliphatic heterocycles. The molecule has 0 saturated carbocycles. The number of halogens is 1. The van der Waals surface area contributed by atoms with Crippen molar-refractivity contribution in [2.24, 2.45) is 5.92 Å². The number of benzene rings is 1. The van der Waals surface area contributed by atoms with Crippen LogP contribution in [0, 0.1) is 11.7 Å². The van der Waals surface area contributed by atoms with Crippen LogP contribution in [0.5, 0.6) is 5.75 Å². The Bertz CT molecular complexity index is 540. The van der Waals surface area contributed by atoms with Crippen molar-refractivity contribution in [2.75, 3.05) is 13.2 Å². The second-order valence-electron chi connectivity index (χ2n) is 5.47. The standard InChI is InChI=1S/C17H22FNOS/c1-13(2)11-19-12-14-5-6-17(16(18)10-14)20-8-7-15-4-3-9-21-15/h3-6,9-10,13,19H,7-8,11-12H2,1-2H3. The van der Waals surface area contributed by atoms with Crippen LogP contribution in [0.15, 0.2) is 35.7 Å². The molecule has 0 aliphatic carbocycles. The van der Waals surface area contributed by atoms with Crippen molar-refractivity contribution in [3.8, 4) is 5.75 Å². The lowest BCUT2D eigenvalue weighted by Crippen LogP contribution is -2.19. The number of nitrogens with one attached hydrogen (secondary N) is 1. The molecule has 4 heteroatoms. The molecule has 0 aliphatic rings. The lowest BCUT2D eigenvalue weighted by molar-refractivity contribution is 0.306. The second-order valence-corrected chi connectivity index (χ2v) is 6.50. The first-order chi connectivity index (χ1) is 10.1. The molecule has 1 heterocycles. The van der Waals surface area contributed by atoms with Crippen LogP contribution in [0.2, 0.25) is 0 Å². The van der Waals surface area contributed by atoms with Gasteiger partial charge in [0.05, 0.1) is 6.61 Å². The maximum absolute atomic E-state index is 14.0. The van der Waals surface area contributed by atoms with Gasteiger partial charge in [0.1, 0.15) is 0 Å². The minimum atomic E-state index is -0.287. The van der Waals surface area contributed by atoms with Gasteiger partial charge >= 0.3 is 0 Å². The summed E-state index contributed by atoms with van der Waals surface area (Å²) in [5, 5.41) is 5.34. The van der Waals surface area contributed by atoms with Gasteiger partial charge in [-0.25, -0.2) is 4.39 Å². The van der Waals surface area contributed by atoms with E-state index in [4.69, 9.17) is 4.74 Å². The summed E-state index contributed by atoms with van der Waals surface area (Å²) in [6.45, 7) is 6.42. The van der Waals surface area contributed by atoms with Gasteiger partial charge in [0, 0.05) is 17.8 Å². The van der Waals surface area contributed by atoms with E-state index >= 15 is 0 Å². The molecule has 1 aromatic heterocycles. The van der Waals surface area contributed by atoms with E-state index in [-0.39, 0.29) is 5.82 Å². The zero-order valence-electron chi connectivity index (χ0n) is 12.6. The zero-order chi connectivity index (χ0) is 15.1. The summed E-state index contributed by atoms with van der Waals surface area (Å²) in [6, 6.07) is 9.26. The van der Waals surface area contributed by atoms with E-state index in [9.17, 15) is 4.39 Å². The second kappa shape index (κ2) is 8.15. The SMILES string of the molecule is CC(C)CNCc1ccc(OCCc2cccs2)c(F)c1. The van der Waals surface area contributed by atoms with Crippen molar-refractivity contribution in [1.29, 1.82) is 0 Å². The molecule has 2 rings (SSSR count). The van der Waals surface area contributed by atoms with E-state index in [0.29, 0.717) is 24.8 Å². The molecule has 1 N–H and O–H groups in total. The Hall–Kier alpha value is -1.39. The van der Waals surface area contributed by atoms with Gasteiger partial charge in [0.2, 0.25) is 0 Å². The first-order valence-electron chi connectivity index (χ1n) is 7.29. The Morgan fingerprint density at radius 3 is 2.81 bits per heavy atom. The van der Waals surface area contributed by atoms with Crippen LogP contribution >= 0.6 is 11.3 Å². The third-order valence-electron chi connectivity index (χ3n) is 3.06. The van der Waals surface area contributed by atoms with Crippen molar-refractivity contribution in [1.82, 2.24) is 5.32 Å². The molecule has 0 spiro atoms. The highest BCUT2D eigenvalue weighted by Crippen LogP contribution is 2.19. The molecular weight excluding hydrogens is 285 g/mol. The van der Waals surface area contributed by atoms with E-state index in [2.05, 4.69) is 25.2 Å². The maximum atomic E-state index is 14.0. The van der Waals surface area contributed by atoms with Gasteiger partial charge in [0.15, 0.2) is 11.6 Å². The molecule has 0 amide bonds. The van der Waals surface area contributed by atoms with Gasteiger partial charge in [-0.1, -0.05) is 26.0 Å². The molecule has 0 atom stereocenters. The molecule has 114 valence electrons. The molecule has 0 unspecified atom stereocenters. The summed E-state index contributed by atoms with van der Waals surface area (Å²) < 4.78 is 19.5. The monoisotopic (exact) mass is 307 g/mol. The number of thiophene rings is 1. The van der Waals surface area contributed by atoms with Crippen molar-refractivity contribution < 1.29 is 9.13 Å². The fraction of sp³-hybridized carbons (Fsp3) is 0.412. The Balaban J connectivity index is 1.81. The van der Waals surface area contributed by atoms with E-state index in [1.165, 1.54) is 4.88 Å². The van der Waals surface area contributed by atoms with Gasteiger partial charge in [-0.05, 0) is 41.6 Å². The van der Waals surface area contributed by atoms with Gasteiger partial charge < -0.3 is 10.1 Å². The highest BCUT2D eigenvalue weighted by molar-refractivity contribution is 7.09.